The molecule has 0 radical (unpaired) electrons. The molecule has 5 heteroatoms. The van der Waals surface area contributed by atoms with Crippen molar-refractivity contribution in [2.45, 2.75) is 26.3 Å². The maximum Gasteiger partial charge on any atom is 0.151 e. The lowest BCUT2D eigenvalue weighted by molar-refractivity contribution is 0.172. The molecule has 0 bridgehead atoms. The number of hydrogen-bond donors (Lipinski definition) is 1. The van der Waals surface area contributed by atoms with E-state index in [1.807, 2.05) is 0 Å². The summed E-state index contributed by atoms with van der Waals surface area (Å²) in [6.45, 7) is 6.38. The van der Waals surface area contributed by atoms with E-state index in [0.29, 0.717) is 30.8 Å². The Morgan fingerprint density at radius 3 is 2.47 bits per heavy atom. The molecule has 90 valence electrons. The van der Waals surface area contributed by atoms with Crippen molar-refractivity contribution < 1.29 is 8.42 Å². The summed E-state index contributed by atoms with van der Waals surface area (Å²) >= 11 is 0. The molecule has 4 nitrogen and oxygen atoms in total. The molecule has 0 spiro atoms. The van der Waals surface area contributed by atoms with Crippen LogP contribution in [0.15, 0.2) is 0 Å². The molecule has 0 amide bonds. The van der Waals surface area contributed by atoms with E-state index in [2.05, 4.69) is 18.7 Å². The summed E-state index contributed by atoms with van der Waals surface area (Å²) in [5, 5.41) is 0. The lowest BCUT2D eigenvalue weighted by Crippen LogP contribution is -2.45. The summed E-state index contributed by atoms with van der Waals surface area (Å²) in [6.07, 6.45) is 0.742. The first kappa shape index (κ1) is 12.9. The van der Waals surface area contributed by atoms with E-state index >= 15 is 0 Å². The summed E-state index contributed by atoms with van der Waals surface area (Å²) in [6, 6.07) is 0.318. The Morgan fingerprint density at radius 1 is 1.27 bits per heavy atom. The SMILES string of the molecule is CC(C)C(CN)N1CCCS(=O)(=O)CC1. The monoisotopic (exact) mass is 234 g/mol. The van der Waals surface area contributed by atoms with Crippen LogP contribution in [0.2, 0.25) is 0 Å². The van der Waals surface area contributed by atoms with Crippen molar-refractivity contribution in [3.05, 3.63) is 0 Å². The van der Waals surface area contributed by atoms with Crippen molar-refractivity contribution in [1.29, 1.82) is 0 Å². The van der Waals surface area contributed by atoms with E-state index in [9.17, 15) is 8.42 Å². The molecule has 1 saturated heterocycles. The van der Waals surface area contributed by atoms with Crippen molar-refractivity contribution in [2.75, 3.05) is 31.1 Å². The summed E-state index contributed by atoms with van der Waals surface area (Å²) in [5.74, 6) is 1.10. The van der Waals surface area contributed by atoms with E-state index in [1.165, 1.54) is 0 Å². The largest absolute Gasteiger partial charge is 0.329 e. The molecule has 1 heterocycles. The highest BCUT2D eigenvalue weighted by Crippen LogP contribution is 2.13. The molecule has 2 N–H and O–H groups in total. The van der Waals surface area contributed by atoms with E-state index in [-0.39, 0.29) is 5.75 Å². The lowest BCUT2D eigenvalue weighted by Gasteiger charge is -2.32. The lowest BCUT2D eigenvalue weighted by atomic mass is 10.0. The Morgan fingerprint density at radius 2 is 1.93 bits per heavy atom. The third kappa shape index (κ3) is 3.74. The number of hydrogen-bond acceptors (Lipinski definition) is 4. The van der Waals surface area contributed by atoms with Gasteiger partial charge in [-0.3, -0.25) is 4.90 Å². The van der Waals surface area contributed by atoms with Gasteiger partial charge in [-0.25, -0.2) is 8.42 Å². The van der Waals surface area contributed by atoms with Gasteiger partial charge in [0.1, 0.15) is 0 Å². The maximum atomic E-state index is 11.4. The second kappa shape index (κ2) is 5.27. The average molecular weight is 234 g/mol. The zero-order valence-corrected chi connectivity index (χ0v) is 10.5. The summed E-state index contributed by atoms with van der Waals surface area (Å²) in [5.41, 5.74) is 5.73. The van der Waals surface area contributed by atoms with Gasteiger partial charge >= 0.3 is 0 Å². The minimum absolute atomic E-state index is 0.288. The molecule has 0 saturated carbocycles. The van der Waals surface area contributed by atoms with Crippen molar-refractivity contribution >= 4 is 9.84 Å². The van der Waals surface area contributed by atoms with Gasteiger partial charge in [-0.1, -0.05) is 13.8 Å². The van der Waals surface area contributed by atoms with Crippen molar-refractivity contribution in [2.24, 2.45) is 11.7 Å². The fraction of sp³-hybridized carbons (Fsp3) is 1.00. The molecule has 1 fully saturated rings. The number of rotatable bonds is 3. The second-order valence-electron chi connectivity index (χ2n) is 4.59. The van der Waals surface area contributed by atoms with Gasteiger partial charge in [0.25, 0.3) is 0 Å². The van der Waals surface area contributed by atoms with Crippen LogP contribution < -0.4 is 5.73 Å². The Balaban J connectivity index is 2.64. The standard InChI is InChI=1S/C10H22N2O2S/c1-9(2)10(8-11)12-4-3-6-15(13,14)7-5-12/h9-10H,3-8,11H2,1-2H3. The zero-order chi connectivity index (χ0) is 11.5. The fourth-order valence-corrected chi connectivity index (χ4v) is 3.42. The highest BCUT2D eigenvalue weighted by molar-refractivity contribution is 7.91. The smallest absolute Gasteiger partial charge is 0.151 e. The van der Waals surface area contributed by atoms with Crippen molar-refractivity contribution in [1.82, 2.24) is 4.90 Å². The molecule has 0 aliphatic carbocycles. The molecule has 0 aromatic carbocycles. The van der Waals surface area contributed by atoms with Crippen molar-refractivity contribution in [3.63, 3.8) is 0 Å². The minimum atomic E-state index is -2.80. The molecule has 1 aliphatic heterocycles. The predicted molar refractivity (Wildman–Crippen MR) is 62.5 cm³/mol. The third-order valence-corrected chi connectivity index (χ3v) is 4.79. The number of nitrogens with zero attached hydrogens (tertiary/aromatic N) is 1. The molecule has 0 aromatic heterocycles. The molecular formula is C10H22N2O2S. The Bertz CT molecular complexity index is 288. The van der Waals surface area contributed by atoms with Crippen LogP contribution in [0.5, 0.6) is 0 Å². The van der Waals surface area contributed by atoms with Crippen LogP contribution in [0.1, 0.15) is 20.3 Å². The van der Waals surface area contributed by atoms with Crippen LogP contribution in [0.4, 0.5) is 0 Å². The van der Waals surface area contributed by atoms with Gasteiger partial charge < -0.3 is 5.73 Å². The fourth-order valence-electron chi connectivity index (χ4n) is 2.13. The predicted octanol–water partition coefficient (Wildman–Crippen LogP) is 0.0902. The third-order valence-electron chi connectivity index (χ3n) is 3.07. The van der Waals surface area contributed by atoms with Crippen LogP contribution >= 0.6 is 0 Å². The molecule has 0 aromatic rings. The van der Waals surface area contributed by atoms with Gasteiger partial charge in [0.15, 0.2) is 9.84 Å². The average Bonchev–Trinajstić information content (AvgIpc) is 2.28. The summed E-state index contributed by atoms with van der Waals surface area (Å²) in [4.78, 5) is 2.23. The molecular weight excluding hydrogens is 212 g/mol. The van der Waals surface area contributed by atoms with E-state index in [1.54, 1.807) is 0 Å². The first-order chi connectivity index (χ1) is 6.96. The molecule has 1 aliphatic rings. The first-order valence-corrected chi connectivity index (χ1v) is 7.43. The Hall–Kier alpha value is -0.130. The van der Waals surface area contributed by atoms with Crippen LogP contribution in [0.3, 0.4) is 0 Å². The van der Waals surface area contributed by atoms with Gasteiger partial charge in [0.2, 0.25) is 0 Å². The first-order valence-electron chi connectivity index (χ1n) is 5.61. The van der Waals surface area contributed by atoms with Gasteiger partial charge in [0, 0.05) is 19.1 Å². The molecule has 1 unspecified atom stereocenters. The van der Waals surface area contributed by atoms with Gasteiger partial charge in [0.05, 0.1) is 11.5 Å². The molecule has 1 rings (SSSR count). The quantitative estimate of drug-likeness (QED) is 0.752. The summed E-state index contributed by atoms with van der Waals surface area (Å²) < 4.78 is 22.9. The zero-order valence-electron chi connectivity index (χ0n) is 9.65. The highest BCUT2D eigenvalue weighted by Gasteiger charge is 2.25. The van der Waals surface area contributed by atoms with Crippen LogP contribution in [-0.4, -0.2) is 50.5 Å². The van der Waals surface area contributed by atoms with Crippen LogP contribution in [0, 0.1) is 5.92 Å². The maximum absolute atomic E-state index is 11.4. The molecule has 15 heavy (non-hydrogen) atoms. The Kier molecular flexibility index (Phi) is 4.55. The van der Waals surface area contributed by atoms with Crippen molar-refractivity contribution in [3.8, 4) is 0 Å². The number of sulfone groups is 1. The van der Waals surface area contributed by atoms with Gasteiger partial charge in [-0.05, 0) is 18.9 Å². The molecule has 1 atom stereocenters. The summed E-state index contributed by atoms with van der Waals surface area (Å²) in [7, 11) is -2.80. The van der Waals surface area contributed by atoms with Crippen LogP contribution in [-0.2, 0) is 9.84 Å². The second-order valence-corrected chi connectivity index (χ2v) is 6.89. The van der Waals surface area contributed by atoms with Gasteiger partial charge in [-0.15, -0.1) is 0 Å². The normalized spacial score (nSPS) is 25.1. The topological polar surface area (TPSA) is 63.4 Å². The van der Waals surface area contributed by atoms with E-state index < -0.39 is 9.84 Å². The minimum Gasteiger partial charge on any atom is -0.329 e. The Labute approximate surface area is 92.7 Å². The van der Waals surface area contributed by atoms with Crippen LogP contribution in [0.25, 0.3) is 0 Å². The highest BCUT2D eigenvalue weighted by atomic mass is 32.2. The van der Waals surface area contributed by atoms with E-state index in [4.69, 9.17) is 5.73 Å². The van der Waals surface area contributed by atoms with E-state index in [0.717, 1.165) is 13.0 Å². The van der Waals surface area contributed by atoms with Gasteiger partial charge in [-0.2, -0.15) is 0 Å². The number of nitrogens with two attached hydrogens (primary N) is 1.